The molecule has 0 unspecified atom stereocenters. The first-order valence-corrected chi connectivity index (χ1v) is 21.3. The van der Waals surface area contributed by atoms with Crippen molar-refractivity contribution in [2.45, 2.75) is 26.2 Å². The first-order chi connectivity index (χ1) is 14.7. The molecule has 2 rings (SSSR count). The van der Waals surface area contributed by atoms with Crippen LogP contribution in [0.3, 0.4) is 0 Å². The zero-order chi connectivity index (χ0) is 23.0. The van der Waals surface area contributed by atoms with Crippen molar-refractivity contribution in [1.82, 2.24) is 19.6 Å². The van der Waals surface area contributed by atoms with Gasteiger partial charge in [0.25, 0.3) is 0 Å². The number of rotatable bonds is 12. The van der Waals surface area contributed by atoms with E-state index in [9.17, 15) is 0 Å². The van der Waals surface area contributed by atoms with Crippen LogP contribution in [0.2, 0.25) is 0 Å². The van der Waals surface area contributed by atoms with Crippen molar-refractivity contribution in [3.63, 3.8) is 0 Å². The average molecular weight is 652 g/mol. The Morgan fingerprint density at radius 1 is 0.516 bits per heavy atom. The molecule has 0 aliphatic carbocycles. The zero-order valence-electron chi connectivity index (χ0n) is 20.5. The molecule has 2 aromatic carbocycles. The van der Waals surface area contributed by atoms with Crippen LogP contribution < -0.4 is 7.16 Å². The van der Waals surface area contributed by atoms with Gasteiger partial charge in [-0.1, -0.05) is 0 Å². The van der Waals surface area contributed by atoms with E-state index in [1.54, 1.807) is 29.4 Å². The monoisotopic (exact) mass is 654 g/mol. The zero-order valence-corrected chi connectivity index (χ0v) is 27.0. The van der Waals surface area contributed by atoms with E-state index in [1.165, 1.54) is 0 Å². The molecule has 0 amide bonds. The Morgan fingerprint density at radius 3 is 1.00 bits per heavy atom. The molecule has 0 heterocycles. The number of hydrogen-bond acceptors (Lipinski definition) is 5. The Balaban J connectivity index is 2.27. The second kappa shape index (κ2) is 13.8. The molecule has 0 N–H and O–H groups in total. The predicted molar refractivity (Wildman–Crippen MR) is 141 cm³/mol. The van der Waals surface area contributed by atoms with Crippen molar-refractivity contribution in [3.05, 3.63) is 58.7 Å². The molecule has 0 aliphatic rings. The second-order valence-corrected chi connectivity index (χ2v) is 29.6. The second-order valence-electron chi connectivity index (χ2n) is 9.16. The molecule has 4 nitrogen and oxygen atoms in total. The predicted octanol–water partition coefficient (Wildman–Crippen LogP) is 1.86. The molecule has 31 heavy (non-hydrogen) atoms. The third-order valence-corrected chi connectivity index (χ3v) is 26.0. The summed E-state index contributed by atoms with van der Waals surface area (Å²) in [5.74, 6) is 0. The summed E-state index contributed by atoms with van der Waals surface area (Å²) in [5, 5.41) is 0. The van der Waals surface area contributed by atoms with Gasteiger partial charge in [0.05, 0.1) is 0 Å². The topological polar surface area (TPSA) is 13.0 Å². The van der Waals surface area contributed by atoms with Gasteiger partial charge in [-0.15, -0.1) is 0 Å². The molecular weight excluding hydrogens is 614 g/mol. The van der Waals surface area contributed by atoms with Gasteiger partial charge in [-0.3, -0.25) is 0 Å². The molecule has 2 aromatic rings. The van der Waals surface area contributed by atoms with Gasteiger partial charge in [-0.05, 0) is 0 Å². The summed E-state index contributed by atoms with van der Waals surface area (Å²) in [5.41, 5.74) is 6.21. The van der Waals surface area contributed by atoms with Gasteiger partial charge in [0.15, 0.2) is 0 Å². The third-order valence-electron chi connectivity index (χ3n) is 4.73. The Kier molecular flexibility index (Phi) is 12.2. The van der Waals surface area contributed by atoms with Crippen LogP contribution in [0, 0.1) is 0 Å². The van der Waals surface area contributed by atoms with Gasteiger partial charge in [-0.2, -0.15) is 0 Å². The summed E-state index contributed by atoms with van der Waals surface area (Å²) in [4.78, 5) is 9.24. The summed E-state index contributed by atoms with van der Waals surface area (Å²) in [6, 6.07) is 14.0. The fourth-order valence-electron chi connectivity index (χ4n) is 3.59. The minimum atomic E-state index is -0.708. The normalized spacial score (nSPS) is 12.0. The van der Waals surface area contributed by atoms with E-state index in [0.717, 1.165) is 26.2 Å². The van der Waals surface area contributed by atoms with E-state index >= 15 is 0 Å². The molecule has 0 saturated carbocycles. The van der Waals surface area contributed by atoms with E-state index in [1.807, 2.05) is 0 Å². The molecule has 0 atom stereocenters. The Morgan fingerprint density at radius 2 is 0.774 bits per heavy atom. The summed E-state index contributed by atoms with van der Waals surface area (Å²) in [6.07, 6.45) is 2.39. The SMILES string of the molecule is CN(C)Cc1cccc(CN(C)C)[c]1[Sn][S][Sn][c]1c(CN(C)C)cccc1CN(C)C. The summed E-state index contributed by atoms with van der Waals surface area (Å²) in [6.45, 7) is 4.19. The van der Waals surface area contributed by atoms with Crippen LogP contribution in [0.1, 0.15) is 22.3 Å². The molecule has 0 aromatic heterocycles. The molecule has 4 radical (unpaired) electrons. The molecule has 0 saturated heterocycles. The van der Waals surface area contributed by atoms with Gasteiger partial charge < -0.3 is 0 Å². The molecule has 7 heteroatoms. The maximum atomic E-state index is 2.39. The van der Waals surface area contributed by atoms with Crippen LogP contribution in [0.25, 0.3) is 0 Å². The van der Waals surface area contributed by atoms with Crippen LogP contribution >= 0.6 is 6.13 Å². The van der Waals surface area contributed by atoms with Crippen molar-refractivity contribution < 1.29 is 0 Å². The Hall–Kier alpha value is 0.227. The van der Waals surface area contributed by atoms with Crippen molar-refractivity contribution >= 4 is 52.8 Å². The number of hydrogen-bond donors (Lipinski definition) is 0. The Bertz CT molecular complexity index is 701. The van der Waals surface area contributed by atoms with Crippen LogP contribution in [0.15, 0.2) is 36.4 Å². The van der Waals surface area contributed by atoms with Gasteiger partial charge in [-0.25, -0.2) is 0 Å². The fourth-order valence-corrected chi connectivity index (χ4v) is 27.5. The molecule has 0 fully saturated rings. The Labute approximate surface area is 212 Å². The van der Waals surface area contributed by atoms with Crippen molar-refractivity contribution in [2.24, 2.45) is 0 Å². The summed E-state index contributed by atoms with van der Waals surface area (Å²) in [7, 11) is 17.5. The van der Waals surface area contributed by atoms with Crippen molar-refractivity contribution in [3.8, 4) is 0 Å². The minimum absolute atomic E-state index is 0.708. The van der Waals surface area contributed by atoms with Gasteiger partial charge in [0.2, 0.25) is 0 Å². The summed E-state index contributed by atoms with van der Waals surface area (Å²) >= 11 is -1.42. The van der Waals surface area contributed by atoms with Crippen LogP contribution in [0.5, 0.6) is 0 Å². The van der Waals surface area contributed by atoms with Gasteiger partial charge in [0.1, 0.15) is 0 Å². The van der Waals surface area contributed by atoms with Crippen molar-refractivity contribution in [2.75, 3.05) is 56.4 Å². The maximum absolute atomic E-state index is 2.39. The molecule has 0 bridgehead atoms. The molecular formula is C24H38N4SSn2. The van der Waals surface area contributed by atoms with E-state index in [0.29, 0.717) is 0 Å². The molecule has 168 valence electrons. The fraction of sp³-hybridized carbons (Fsp3) is 0.500. The van der Waals surface area contributed by atoms with E-state index < -0.39 is 39.5 Å². The molecule has 0 aliphatic heterocycles. The van der Waals surface area contributed by atoms with Crippen LogP contribution in [-0.4, -0.2) is 115 Å². The first-order valence-electron chi connectivity index (χ1n) is 10.7. The molecule has 0 spiro atoms. The standard InChI is InChI=1S/2C12H19N2.S.2Sn/c2*1-13(2)9-11-6-5-7-12(8-11)10-14(3)4;;;/h2*5-7H,9-10H2,1-4H3;;;. The van der Waals surface area contributed by atoms with E-state index in [2.05, 4.69) is 119 Å². The quantitative estimate of drug-likeness (QED) is 0.324. The van der Waals surface area contributed by atoms with Crippen LogP contribution in [-0.2, 0) is 26.2 Å². The van der Waals surface area contributed by atoms with E-state index in [4.69, 9.17) is 0 Å². The number of benzene rings is 2. The number of nitrogens with zero attached hydrogens (tertiary/aromatic N) is 4. The van der Waals surface area contributed by atoms with Crippen LogP contribution in [0.4, 0.5) is 0 Å². The van der Waals surface area contributed by atoms with Gasteiger partial charge in [0, 0.05) is 0 Å². The average Bonchev–Trinajstić information content (AvgIpc) is 2.63. The summed E-state index contributed by atoms with van der Waals surface area (Å²) < 4.78 is 3.44. The third kappa shape index (κ3) is 9.55. The van der Waals surface area contributed by atoms with E-state index in [-0.39, 0.29) is 0 Å². The van der Waals surface area contributed by atoms with Crippen molar-refractivity contribution in [1.29, 1.82) is 0 Å². The first kappa shape index (κ1) is 27.5. The van der Waals surface area contributed by atoms with Gasteiger partial charge >= 0.3 is 214 Å².